The smallest absolute Gasteiger partial charge is 0.154 e. The van der Waals surface area contributed by atoms with Crippen LogP contribution >= 0.6 is 34.5 Å². The van der Waals surface area contributed by atoms with Gasteiger partial charge < -0.3 is 0 Å². The lowest BCUT2D eigenvalue weighted by molar-refractivity contribution is 0.535. The predicted molar refractivity (Wildman–Crippen MR) is 69.3 cm³/mol. The number of halogens is 2. The molecular formula is C10H12Cl2O2S2. The van der Waals surface area contributed by atoms with Gasteiger partial charge in [-0.15, -0.1) is 22.9 Å². The van der Waals surface area contributed by atoms with Crippen molar-refractivity contribution in [1.29, 1.82) is 0 Å². The molecule has 2 heterocycles. The largest absolute Gasteiger partial charge is 0.228 e. The van der Waals surface area contributed by atoms with Crippen LogP contribution in [0.1, 0.15) is 29.5 Å². The van der Waals surface area contributed by atoms with Crippen LogP contribution in [0.2, 0.25) is 4.34 Å². The lowest BCUT2D eigenvalue weighted by Gasteiger charge is -2.25. The van der Waals surface area contributed by atoms with Crippen LogP contribution < -0.4 is 0 Å². The van der Waals surface area contributed by atoms with Crippen LogP contribution in [0.25, 0.3) is 0 Å². The monoisotopic (exact) mass is 298 g/mol. The molecule has 1 aromatic rings. The van der Waals surface area contributed by atoms with E-state index in [0.717, 1.165) is 17.7 Å². The maximum atomic E-state index is 11.9. The first-order valence-electron chi connectivity index (χ1n) is 5.11. The van der Waals surface area contributed by atoms with Gasteiger partial charge >= 0.3 is 0 Å². The number of hydrogen-bond donors (Lipinski definition) is 0. The van der Waals surface area contributed by atoms with Crippen molar-refractivity contribution in [2.75, 3.05) is 5.75 Å². The second-order valence-electron chi connectivity index (χ2n) is 3.94. The van der Waals surface area contributed by atoms with E-state index < -0.39 is 20.5 Å². The highest BCUT2D eigenvalue weighted by Gasteiger charge is 2.35. The highest BCUT2D eigenvalue weighted by Crippen LogP contribution is 2.39. The Labute approximate surface area is 109 Å². The maximum absolute atomic E-state index is 11.9. The van der Waals surface area contributed by atoms with E-state index >= 15 is 0 Å². The normalized spacial score (nSPS) is 26.5. The summed E-state index contributed by atoms with van der Waals surface area (Å²) in [6.07, 6.45) is 2.35. The van der Waals surface area contributed by atoms with Crippen LogP contribution in [0.4, 0.5) is 0 Å². The van der Waals surface area contributed by atoms with Gasteiger partial charge in [0.05, 0.1) is 20.7 Å². The van der Waals surface area contributed by atoms with Crippen molar-refractivity contribution < 1.29 is 8.42 Å². The molecule has 0 N–H and O–H groups in total. The van der Waals surface area contributed by atoms with Crippen molar-refractivity contribution in [3.05, 3.63) is 21.3 Å². The Morgan fingerprint density at radius 2 is 2.12 bits per heavy atom. The molecule has 1 aromatic heterocycles. The number of alkyl halides is 1. The van der Waals surface area contributed by atoms with Crippen molar-refractivity contribution in [2.24, 2.45) is 0 Å². The molecule has 90 valence electrons. The average molecular weight is 299 g/mol. The van der Waals surface area contributed by atoms with E-state index in [0.29, 0.717) is 10.8 Å². The molecule has 0 aromatic carbocycles. The molecule has 2 unspecified atom stereocenters. The Morgan fingerprint density at radius 3 is 2.69 bits per heavy atom. The SMILES string of the molecule is O=S1(=O)CCCCC1C(Cl)c1ccc(Cl)s1. The molecule has 1 aliphatic heterocycles. The first-order chi connectivity index (χ1) is 7.50. The van der Waals surface area contributed by atoms with Crippen molar-refractivity contribution in [1.82, 2.24) is 0 Å². The van der Waals surface area contributed by atoms with Gasteiger partial charge in [0.15, 0.2) is 9.84 Å². The van der Waals surface area contributed by atoms with E-state index in [1.807, 2.05) is 6.07 Å². The van der Waals surface area contributed by atoms with Crippen LogP contribution in [-0.2, 0) is 9.84 Å². The zero-order valence-corrected chi connectivity index (χ0v) is 11.7. The van der Waals surface area contributed by atoms with Gasteiger partial charge in [-0.2, -0.15) is 0 Å². The van der Waals surface area contributed by atoms with E-state index in [2.05, 4.69) is 0 Å². The third-order valence-corrected chi connectivity index (χ3v) is 7.24. The van der Waals surface area contributed by atoms with Crippen LogP contribution in [0.5, 0.6) is 0 Å². The van der Waals surface area contributed by atoms with Gasteiger partial charge in [-0.05, 0) is 25.0 Å². The quantitative estimate of drug-likeness (QED) is 0.781. The topological polar surface area (TPSA) is 34.1 Å². The van der Waals surface area contributed by atoms with Gasteiger partial charge in [-0.1, -0.05) is 18.0 Å². The second kappa shape index (κ2) is 4.84. The molecule has 0 aliphatic carbocycles. The molecule has 0 amide bonds. The molecule has 1 aliphatic rings. The first kappa shape index (κ1) is 12.7. The molecule has 1 saturated heterocycles. The third kappa shape index (κ3) is 2.55. The zero-order valence-electron chi connectivity index (χ0n) is 8.53. The van der Waals surface area contributed by atoms with Crippen molar-refractivity contribution >= 4 is 44.4 Å². The van der Waals surface area contributed by atoms with Crippen molar-refractivity contribution in [3.8, 4) is 0 Å². The van der Waals surface area contributed by atoms with Gasteiger partial charge in [0.1, 0.15) is 0 Å². The number of hydrogen-bond acceptors (Lipinski definition) is 3. The van der Waals surface area contributed by atoms with Gasteiger partial charge in [0.25, 0.3) is 0 Å². The lowest BCUT2D eigenvalue weighted by Crippen LogP contribution is -2.31. The Bertz CT molecular complexity index is 467. The summed E-state index contributed by atoms with van der Waals surface area (Å²) in [5.74, 6) is 0.264. The minimum atomic E-state index is -3.03. The Hall–Kier alpha value is 0.230. The predicted octanol–water partition coefficient (Wildman–Crippen LogP) is 3.65. The summed E-state index contributed by atoms with van der Waals surface area (Å²) in [6.45, 7) is 0. The Morgan fingerprint density at radius 1 is 1.38 bits per heavy atom. The first-order valence-corrected chi connectivity index (χ1v) is 8.46. The summed E-state index contributed by atoms with van der Waals surface area (Å²) in [4.78, 5) is 0.849. The third-order valence-electron chi connectivity index (χ3n) is 2.82. The fraction of sp³-hybridized carbons (Fsp3) is 0.600. The van der Waals surface area contributed by atoms with Gasteiger partial charge in [-0.3, -0.25) is 0 Å². The van der Waals surface area contributed by atoms with Gasteiger partial charge in [-0.25, -0.2) is 8.42 Å². The van der Waals surface area contributed by atoms with Gasteiger partial charge in [0, 0.05) is 4.88 Å². The van der Waals surface area contributed by atoms with Gasteiger partial charge in [0.2, 0.25) is 0 Å². The summed E-state index contributed by atoms with van der Waals surface area (Å²) in [7, 11) is -3.03. The maximum Gasteiger partial charge on any atom is 0.154 e. The van der Waals surface area contributed by atoms with Crippen LogP contribution in [0.15, 0.2) is 12.1 Å². The number of thiophene rings is 1. The molecule has 2 rings (SSSR count). The molecule has 0 bridgehead atoms. The molecular weight excluding hydrogens is 287 g/mol. The molecule has 1 fully saturated rings. The lowest BCUT2D eigenvalue weighted by atomic mass is 10.1. The molecule has 6 heteroatoms. The molecule has 2 atom stereocenters. The summed E-state index contributed by atoms with van der Waals surface area (Å²) in [6, 6.07) is 3.57. The molecule has 16 heavy (non-hydrogen) atoms. The van der Waals surface area contributed by atoms with Crippen molar-refractivity contribution in [3.63, 3.8) is 0 Å². The standard InChI is InChI=1S/C10H12Cl2O2S2/c11-9-5-4-7(15-9)10(12)8-3-1-2-6-16(8,13)14/h4-5,8,10H,1-3,6H2. The van der Waals surface area contributed by atoms with E-state index in [1.54, 1.807) is 6.07 Å². The summed E-state index contributed by atoms with van der Waals surface area (Å²) in [5, 5.41) is -0.902. The average Bonchev–Trinajstić information content (AvgIpc) is 2.63. The minimum absolute atomic E-state index is 0.264. The van der Waals surface area contributed by atoms with Crippen LogP contribution in [0.3, 0.4) is 0 Å². The fourth-order valence-corrected chi connectivity index (χ4v) is 5.91. The van der Waals surface area contributed by atoms with E-state index in [4.69, 9.17) is 23.2 Å². The minimum Gasteiger partial charge on any atom is -0.228 e. The molecule has 0 saturated carbocycles. The van der Waals surface area contributed by atoms with Crippen molar-refractivity contribution in [2.45, 2.75) is 29.9 Å². The molecule has 0 radical (unpaired) electrons. The summed E-state index contributed by atoms with van der Waals surface area (Å²) in [5.41, 5.74) is 0. The molecule has 0 spiro atoms. The Balaban J connectivity index is 2.24. The fourth-order valence-electron chi connectivity index (χ4n) is 1.97. The van der Waals surface area contributed by atoms with E-state index in [9.17, 15) is 8.42 Å². The highest BCUT2D eigenvalue weighted by molar-refractivity contribution is 7.92. The highest BCUT2D eigenvalue weighted by atomic mass is 35.5. The summed E-state index contributed by atoms with van der Waals surface area (Å²) < 4.78 is 24.4. The van der Waals surface area contributed by atoms with E-state index in [1.165, 1.54) is 11.3 Å². The molecule has 2 nitrogen and oxygen atoms in total. The summed E-state index contributed by atoms with van der Waals surface area (Å²) >= 11 is 13.4. The number of sulfone groups is 1. The van der Waals surface area contributed by atoms with Crippen LogP contribution in [-0.4, -0.2) is 19.4 Å². The van der Waals surface area contributed by atoms with Crippen LogP contribution in [0, 0.1) is 0 Å². The second-order valence-corrected chi connectivity index (χ2v) is 8.50. The Kier molecular flexibility index (Phi) is 3.84. The number of rotatable bonds is 2. The zero-order chi connectivity index (χ0) is 11.8. The van der Waals surface area contributed by atoms with E-state index in [-0.39, 0.29) is 5.75 Å².